The van der Waals surface area contributed by atoms with Crippen LogP contribution in [-0.2, 0) is 11.3 Å². The zero-order chi connectivity index (χ0) is 18.8. The van der Waals surface area contributed by atoms with Crippen LogP contribution in [0.2, 0.25) is 0 Å². The first-order chi connectivity index (χ1) is 13.2. The van der Waals surface area contributed by atoms with Crippen molar-refractivity contribution in [3.8, 4) is 11.1 Å². The predicted molar refractivity (Wildman–Crippen MR) is 101 cm³/mol. The fourth-order valence-corrected chi connectivity index (χ4v) is 3.57. The molecule has 0 bridgehead atoms. The molecule has 0 atom stereocenters. The number of ether oxygens (including phenoxy) is 1. The van der Waals surface area contributed by atoms with Crippen molar-refractivity contribution in [1.82, 2.24) is 0 Å². The molecule has 0 radical (unpaired) electrons. The second-order valence-corrected chi connectivity index (χ2v) is 6.46. The molecular formula is C22H18FNO3. The molecule has 4 rings (SSSR count). The van der Waals surface area contributed by atoms with Crippen LogP contribution < -0.4 is 5.32 Å². The molecule has 0 unspecified atom stereocenters. The number of aliphatic hydroxyl groups excluding tert-OH is 1. The van der Waals surface area contributed by atoms with Crippen molar-refractivity contribution in [3.05, 3.63) is 89.2 Å². The standard InChI is InChI=1S/C22H18FNO3/c23-15-9-14(12-25)10-16(11-15)24-22(26)27-13-21-19-7-3-1-5-17(19)18-6-2-4-8-20(18)21/h1-11,21,25H,12-13H2,(H,24,26). The molecule has 0 spiro atoms. The zero-order valence-corrected chi connectivity index (χ0v) is 14.5. The fraction of sp³-hybridized carbons (Fsp3) is 0.136. The molecule has 1 aliphatic rings. The largest absolute Gasteiger partial charge is 0.448 e. The van der Waals surface area contributed by atoms with Crippen LogP contribution in [0.5, 0.6) is 0 Å². The minimum atomic E-state index is -0.661. The van der Waals surface area contributed by atoms with Crippen LogP contribution in [0.25, 0.3) is 11.1 Å². The van der Waals surface area contributed by atoms with E-state index >= 15 is 0 Å². The van der Waals surface area contributed by atoms with Crippen molar-refractivity contribution in [1.29, 1.82) is 0 Å². The van der Waals surface area contributed by atoms with E-state index in [1.54, 1.807) is 0 Å². The lowest BCUT2D eigenvalue weighted by atomic mass is 9.98. The van der Waals surface area contributed by atoms with Crippen molar-refractivity contribution in [2.45, 2.75) is 12.5 Å². The first kappa shape index (κ1) is 17.2. The monoisotopic (exact) mass is 363 g/mol. The lowest BCUT2D eigenvalue weighted by Gasteiger charge is -2.15. The van der Waals surface area contributed by atoms with Crippen LogP contribution in [0, 0.1) is 5.82 Å². The van der Waals surface area contributed by atoms with Gasteiger partial charge in [0, 0.05) is 11.6 Å². The number of amides is 1. The van der Waals surface area contributed by atoms with Gasteiger partial charge in [0.2, 0.25) is 0 Å². The van der Waals surface area contributed by atoms with Crippen molar-refractivity contribution >= 4 is 11.8 Å². The zero-order valence-electron chi connectivity index (χ0n) is 14.5. The van der Waals surface area contributed by atoms with Crippen LogP contribution in [0.3, 0.4) is 0 Å². The van der Waals surface area contributed by atoms with Gasteiger partial charge in [0.15, 0.2) is 0 Å². The number of aliphatic hydroxyl groups is 1. The summed E-state index contributed by atoms with van der Waals surface area (Å²) in [5, 5.41) is 11.7. The van der Waals surface area contributed by atoms with Crippen molar-refractivity contribution in [2.75, 3.05) is 11.9 Å². The van der Waals surface area contributed by atoms with E-state index in [-0.39, 0.29) is 24.8 Å². The molecule has 0 saturated carbocycles. The number of benzene rings is 3. The van der Waals surface area contributed by atoms with Crippen LogP contribution in [0.1, 0.15) is 22.6 Å². The van der Waals surface area contributed by atoms with Crippen molar-refractivity contribution < 1.29 is 19.0 Å². The van der Waals surface area contributed by atoms with Gasteiger partial charge in [-0.25, -0.2) is 9.18 Å². The lowest BCUT2D eigenvalue weighted by molar-refractivity contribution is 0.158. The van der Waals surface area contributed by atoms with E-state index in [4.69, 9.17) is 9.84 Å². The van der Waals surface area contributed by atoms with Crippen LogP contribution in [0.15, 0.2) is 66.7 Å². The number of hydrogen-bond donors (Lipinski definition) is 2. The highest BCUT2D eigenvalue weighted by Gasteiger charge is 2.28. The molecule has 4 nitrogen and oxygen atoms in total. The Bertz CT molecular complexity index is 957. The van der Waals surface area contributed by atoms with E-state index < -0.39 is 11.9 Å². The summed E-state index contributed by atoms with van der Waals surface area (Å²) in [7, 11) is 0. The van der Waals surface area contributed by atoms with Gasteiger partial charge in [0.1, 0.15) is 12.4 Å². The van der Waals surface area contributed by atoms with Crippen LogP contribution >= 0.6 is 0 Å². The molecule has 1 aliphatic carbocycles. The average Bonchev–Trinajstić information content (AvgIpc) is 3.00. The van der Waals surface area contributed by atoms with E-state index in [1.165, 1.54) is 18.2 Å². The fourth-order valence-electron chi connectivity index (χ4n) is 3.57. The molecule has 0 fully saturated rings. The minimum Gasteiger partial charge on any atom is -0.448 e. The normalized spacial score (nSPS) is 12.4. The van der Waals surface area contributed by atoms with E-state index in [2.05, 4.69) is 17.4 Å². The minimum absolute atomic E-state index is 0.0383. The number of anilines is 1. The van der Waals surface area contributed by atoms with E-state index in [0.29, 0.717) is 5.56 Å². The van der Waals surface area contributed by atoms with Crippen LogP contribution in [-0.4, -0.2) is 17.8 Å². The Hall–Kier alpha value is -3.18. The molecule has 0 heterocycles. The molecule has 0 aliphatic heterocycles. The Morgan fingerprint density at radius 2 is 1.63 bits per heavy atom. The number of halogens is 1. The molecule has 0 saturated heterocycles. The quantitative estimate of drug-likeness (QED) is 0.708. The Morgan fingerprint density at radius 1 is 1.00 bits per heavy atom. The van der Waals surface area contributed by atoms with Gasteiger partial charge < -0.3 is 9.84 Å². The molecule has 27 heavy (non-hydrogen) atoms. The van der Waals surface area contributed by atoms with Gasteiger partial charge >= 0.3 is 6.09 Å². The van der Waals surface area contributed by atoms with Gasteiger partial charge in [-0.3, -0.25) is 5.32 Å². The van der Waals surface area contributed by atoms with Gasteiger partial charge in [0.25, 0.3) is 0 Å². The van der Waals surface area contributed by atoms with Gasteiger partial charge in [-0.15, -0.1) is 0 Å². The van der Waals surface area contributed by atoms with E-state index in [9.17, 15) is 9.18 Å². The van der Waals surface area contributed by atoms with Crippen LogP contribution in [0.4, 0.5) is 14.9 Å². The third-order valence-electron chi connectivity index (χ3n) is 4.73. The summed E-state index contributed by atoms with van der Waals surface area (Å²) in [5.41, 5.74) is 5.18. The molecule has 136 valence electrons. The maximum Gasteiger partial charge on any atom is 0.411 e. The second-order valence-electron chi connectivity index (χ2n) is 6.46. The third kappa shape index (κ3) is 3.41. The Kier molecular flexibility index (Phi) is 4.60. The van der Waals surface area contributed by atoms with Crippen molar-refractivity contribution in [2.24, 2.45) is 0 Å². The Labute approximate surface area is 156 Å². The topological polar surface area (TPSA) is 58.6 Å². The highest BCUT2D eigenvalue weighted by Crippen LogP contribution is 2.44. The predicted octanol–water partition coefficient (Wildman–Crippen LogP) is 4.68. The maximum atomic E-state index is 13.5. The molecule has 2 N–H and O–H groups in total. The number of rotatable bonds is 4. The third-order valence-corrected chi connectivity index (χ3v) is 4.73. The molecule has 0 aromatic heterocycles. The first-order valence-corrected chi connectivity index (χ1v) is 8.68. The SMILES string of the molecule is O=C(Nc1cc(F)cc(CO)c1)OCC1c2ccccc2-c2ccccc21. The van der Waals surface area contributed by atoms with E-state index in [0.717, 1.165) is 22.3 Å². The molecule has 1 amide bonds. The van der Waals surface area contributed by atoms with E-state index in [1.807, 2.05) is 36.4 Å². The van der Waals surface area contributed by atoms with Gasteiger partial charge in [-0.1, -0.05) is 48.5 Å². The summed E-state index contributed by atoms with van der Waals surface area (Å²) < 4.78 is 18.9. The molecular weight excluding hydrogens is 345 g/mol. The van der Waals surface area contributed by atoms with Gasteiger partial charge in [-0.05, 0) is 46.0 Å². The second kappa shape index (κ2) is 7.21. The Balaban J connectivity index is 1.49. The number of fused-ring (bicyclic) bond motifs is 3. The number of hydrogen-bond acceptors (Lipinski definition) is 3. The average molecular weight is 363 g/mol. The number of nitrogens with one attached hydrogen (secondary N) is 1. The maximum absolute atomic E-state index is 13.5. The lowest BCUT2D eigenvalue weighted by Crippen LogP contribution is -2.18. The summed E-state index contributed by atoms with van der Waals surface area (Å²) in [6.07, 6.45) is -0.661. The summed E-state index contributed by atoms with van der Waals surface area (Å²) in [6.45, 7) is -0.126. The number of carbonyl (C=O) groups excluding carboxylic acids is 1. The summed E-state index contributed by atoms with van der Waals surface area (Å²) >= 11 is 0. The van der Waals surface area contributed by atoms with Gasteiger partial charge in [-0.2, -0.15) is 0 Å². The summed E-state index contributed by atoms with van der Waals surface area (Å²) in [5.74, 6) is -0.570. The highest BCUT2D eigenvalue weighted by atomic mass is 19.1. The molecule has 3 aromatic carbocycles. The smallest absolute Gasteiger partial charge is 0.411 e. The number of carbonyl (C=O) groups is 1. The molecule has 3 aromatic rings. The van der Waals surface area contributed by atoms with Crippen molar-refractivity contribution in [3.63, 3.8) is 0 Å². The first-order valence-electron chi connectivity index (χ1n) is 8.68. The highest BCUT2D eigenvalue weighted by molar-refractivity contribution is 5.85. The summed E-state index contributed by atoms with van der Waals surface area (Å²) in [4.78, 5) is 12.2. The molecule has 5 heteroatoms. The summed E-state index contributed by atoms with van der Waals surface area (Å²) in [6, 6.07) is 20.1. The van der Waals surface area contributed by atoms with Gasteiger partial charge in [0.05, 0.1) is 6.61 Å². The Morgan fingerprint density at radius 3 is 2.26 bits per heavy atom.